The van der Waals surface area contributed by atoms with Crippen molar-refractivity contribution in [1.29, 1.82) is 0 Å². The highest BCUT2D eigenvalue weighted by Crippen LogP contribution is 2.31. The van der Waals surface area contributed by atoms with Gasteiger partial charge in [0.1, 0.15) is 17.2 Å². The monoisotopic (exact) mass is 265 g/mol. The van der Waals surface area contributed by atoms with Crippen molar-refractivity contribution < 1.29 is 0 Å². The SMILES string of the molecule is CC(C)n1ncc(Cl)c1-c1cc2n(n1)CCCN2. The molecule has 0 atom stereocenters. The highest BCUT2D eigenvalue weighted by molar-refractivity contribution is 6.32. The third-order valence-corrected chi connectivity index (χ3v) is 3.39. The molecule has 1 aliphatic heterocycles. The van der Waals surface area contributed by atoms with Crippen molar-refractivity contribution in [1.82, 2.24) is 19.6 Å². The Balaban J connectivity index is 2.09. The number of aryl methyl sites for hydroxylation is 1. The van der Waals surface area contributed by atoms with Gasteiger partial charge in [0.25, 0.3) is 0 Å². The first-order chi connectivity index (χ1) is 8.66. The van der Waals surface area contributed by atoms with E-state index in [-0.39, 0.29) is 6.04 Å². The van der Waals surface area contributed by atoms with Gasteiger partial charge in [0.05, 0.1) is 11.2 Å². The molecule has 3 rings (SSSR count). The number of hydrogen-bond donors (Lipinski definition) is 1. The molecule has 1 aliphatic rings. The predicted octanol–water partition coefficient (Wildman–Crippen LogP) is 2.80. The summed E-state index contributed by atoms with van der Waals surface area (Å²) in [5.74, 6) is 1.06. The number of halogens is 1. The molecule has 0 fully saturated rings. The summed E-state index contributed by atoms with van der Waals surface area (Å²) >= 11 is 6.23. The van der Waals surface area contributed by atoms with Crippen molar-refractivity contribution in [2.75, 3.05) is 11.9 Å². The van der Waals surface area contributed by atoms with Gasteiger partial charge < -0.3 is 5.32 Å². The van der Waals surface area contributed by atoms with Crippen LogP contribution in [0.5, 0.6) is 0 Å². The van der Waals surface area contributed by atoms with Crippen LogP contribution in [0.25, 0.3) is 11.4 Å². The van der Waals surface area contributed by atoms with Crippen molar-refractivity contribution in [2.24, 2.45) is 0 Å². The van der Waals surface area contributed by atoms with Gasteiger partial charge in [-0.05, 0) is 20.3 Å². The Morgan fingerprint density at radius 2 is 2.28 bits per heavy atom. The first kappa shape index (κ1) is 11.6. The zero-order valence-electron chi connectivity index (χ0n) is 10.5. The van der Waals surface area contributed by atoms with Crippen LogP contribution in [0.15, 0.2) is 12.3 Å². The topological polar surface area (TPSA) is 47.7 Å². The Kier molecular flexibility index (Phi) is 2.78. The number of rotatable bonds is 2. The quantitative estimate of drug-likeness (QED) is 0.908. The van der Waals surface area contributed by atoms with Crippen molar-refractivity contribution in [3.05, 3.63) is 17.3 Å². The number of hydrogen-bond acceptors (Lipinski definition) is 3. The van der Waals surface area contributed by atoms with E-state index in [2.05, 4.69) is 29.4 Å². The summed E-state index contributed by atoms with van der Waals surface area (Å²) in [7, 11) is 0. The second-order valence-electron chi connectivity index (χ2n) is 4.80. The summed E-state index contributed by atoms with van der Waals surface area (Å²) in [4.78, 5) is 0. The number of nitrogens with zero attached hydrogens (tertiary/aromatic N) is 4. The zero-order chi connectivity index (χ0) is 12.7. The summed E-state index contributed by atoms with van der Waals surface area (Å²) in [5, 5.41) is 12.9. The van der Waals surface area contributed by atoms with Gasteiger partial charge in [-0.3, -0.25) is 4.68 Å². The molecule has 5 nitrogen and oxygen atoms in total. The van der Waals surface area contributed by atoms with Crippen LogP contribution >= 0.6 is 11.6 Å². The van der Waals surface area contributed by atoms with Crippen LogP contribution in [0.4, 0.5) is 5.82 Å². The van der Waals surface area contributed by atoms with E-state index in [0.29, 0.717) is 5.02 Å². The van der Waals surface area contributed by atoms with Crippen LogP contribution in [-0.4, -0.2) is 26.1 Å². The highest BCUT2D eigenvalue weighted by Gasteiger charge is 2.19. The molecule has 6 heteroatoms. The molecule has 0 saturated heterocycles. The van der Waals surface area contributed by atoms with Crippen molar-refractivity contribution in [3.8, 4) is 11.4 Å². The molecule has 0 unspecified atom stereocenters. The second kappa shape index (κ2) is 4.31. The molecule has 0 radical (unpaired) electrons. The molecule has 0 bridgehead atoms. The Labute approximate surface area is 111 Å². The lowest BCUT2D eigenvalue weighted by molar-refractivity contribution is 0.534. The number of fused-ring (bicyclic) bond motifs is 1. The normalized spacial score (nSPS) is 14.7. The molecular weight excluding hydrogens is 250 g/mol. The molecule has 0 aliphatic carbocycles. The Morgan fingerprint density at radius 3 is 3.00 bits per heavy atom. The van der Waals surface area contributed by atoms with Gasteiger partial charge in [0, 0.05) is 25.2 Å². The van der Waals surface area contributed by atoms with E-state index < -0.39 is 0 Å². The maximum absolute atomic E-state index is 6.23. The summed E-state index contributed by atoms with van der Waals surface area (Å²) in [6.45, 7) is 6.13. The summed E-state index contributed by atoms with van der Waals surface area (Å²) in [5.41, 5.74) is 1.78. The first-order valence-electron chi connectivity index (χ1n) is 6.22. The lowest BCUT2D eigenvalue weighted by Gasteiger charge is -2.14. The number of nitrogens with one attached hydrogen (secondary N) is 1. The van der Waals surface area contributed by atoms with E-state index in [1.165, 1.54) is 0 Å². The van der Waals surface area contributed by atoms with Crippen LogP contribution in [-0.2, 0) is 6.54 Å². The fourth-order valence-corrected chi connectivity index (χ4v) is 2.49. The summed E-state index contributed by atoms with van der Waals surface area (Å²) in [6.07, 6.45) is 2.79. The van der Waals surface area contributed by atoms with E-state index in [1.807, 2.05) is 15.4 Å². The Bertz CT molecular complexity index is 546. The zero-order valence-corrected chi connectivity index (χ0v) is 11.3. The number of aromatic nitrogens is 4. The molecule has 2 aromatic rings. The van der Waals surface area contributed by atoms with Crippen LogP contribution in [0.3, 0.4) is 0 Å². The van der Waals surface area contributed by atoms with E-state index in [0.717, 1.165) is 36.7 Å². The van der Waals surface area contributed by atoms with Gasteiger partial charge in [-0.15, -0.1) is 0 Å². The predicted molar refractivity (Wildman–Crippen MR) is 71.9 cm³/mol. The molecule has 96 valence electrons. The van der Waals surface area contributed by atoms with Crippen LogP contribution in [0.2, 0.25) is 5.02 Å². The van der Waals surface area contributed by atoms with Crippen LogP contribution in [0, 0.1) is 0 Å². The van der Waals surface area contributed by atoms with Crippen molar-refractivity contribution >= 4 is 17.4 Å². The standard InChI is InChI=1S/C12H16ClN5/c1-8(2)18-12(9(13)7-15-18)10-6-11-14-4-3-5-17(11)16-10/h6-8,14H,3-5H2,1-2H3. The van der Waals surface area contributed by atoms with E-state index >= 15 is 0 Å². The lowest BCUT2D eigenvalue weighted by atomic mass is 10.2. The third kappa shape index (κ3) is 1.79. The summed E-state index contributed by atoms with van der Waals surface area (Å²) in [6, 6.07) is 2.31. The third-order valence-electron chi connectivity index (χ3n) is 3.12. The summed E-state index contributed by atoms with van der Waals surface area (Å²) < 4.78 is 3.91. The van der Waals surface area contributed by atoms with Crippen LogP contribution < -0.4 is 5.32 Å². The fraction of sp³-hybridized carbons (Fsp3) is 0.500. The van der Waals surface area contributed by atoms with Crippen molar-refractivity contribution in [3.63, 3.8) is 0 Å². The largest absolute Gasteiger partial charge is 0.370 e. The molecule has 3 heterocycles. The maximum atomic E-state index is 6.23. The van der Waals surface area contributed by atoms with Gasteiger partial charge in [0.15, 0.2) is 0 Å². The minimum atomic E-state index is 0.263. The molecule has 0 amide bonds. The smallest absolute Gasteiger partial charge is 0.124 e. The molecule has 18 heavy (non-hydrogen) atoms. The molecule has 1 N–H and O–H groups in total. The molecule has 0 spiro atoms. The number of anilines is 1. The lowest BCUT2D eigenvalue weighted by Crippen LogP contribution is -2.17. The van der Waals surface area contributed by atoms with Gasteiger partial charge in [0.2, 0.25) is 0 Å². The maximum Gasteiger partial charge on any atom is 0.124 e. The Hall–Kier alpha value is -1.49. The minimum Gasteiger partial charge on any atom is -0.370 e. The van der Waals surface area contributed by atoms with Gasteiger partial charge >= 0.3 is 0 Å². The molecule has 2 aromatic heterocycles. The van der Waals surface area contributed by atoms with Crippen molar-refractivity contribution in [2.45, 2.75) is 32.9 Å². The van der Waals surface area contributed by atoms with Gasteiger partial charge in [-0.25, -0.2) is 4.68 Å². The minimum absolute atomic E-state index is 0.263. The van der Waals surface area contributed by atoms with E-state index in [1.54, 1.807) is 6.20 Å². The van der Waals surface area contributed by atoms with Crippen LogP contribution in [0.1, 0.15) is 26.3 Å². The molecule has 0 aromatic carbocycles. The molecular formula is C12H16ClN5. The Morgan fingerprint density at radius 1 is 1.44 bits per heavy atom. The average molecular weight is 266 g/mol. The highest BCUT2D eigenvalue weighted by atomic mass is 35.5. The fourth-order valence-electron chi connectivity index (χ4n) is 2.26. The van der Waals surface area contributed by atoms with Gasteiger partial charge in [-0.1, -0.05) is 11.6 Å². The molecule has 0 saturated carbocycles. The van der Waals surface area contributed by atoms with Gasteiger partial charge in [-0.2, -0.15) is 10.2 Å². The average Bonchev–Trinajstić information content (AvgIpc) is 2.91. The second-order valence-corrected chi connectivity index (χ2v) is 5.20. The first-order valence-corrected chi connectivity index (χ1v) is 6.59. The van der Waals surface area contributed by atoms with E-state index in [9.17, 15) is 0 Å². The van der Waals surface area contributed by atoms with E-state index in [4.69, 9.17) is 11.6 Å².